The second kappa shape index (κ2) is 36.7. The minimum absolute atomic E-state index is 0.237. The maximum Gasteiger partial charge on any atom is 0.347 e. The van der Waals surface area contributed by atoms with Crippen molar-refractivity contribution in [2.24, 2.45) is 10.8 Å². The first kappa shape index (κ1) is 80.0. The van der Waals surface area contributed by atoms with Gasteiger partial charge in [-0.1, -0.05) is 0 Å². The van der Waals surface area contributed by atoms with Gasteiger partial charge in [-0.25, -0.2) is 38.4 Å². The van der Waals surface area contributed by atoms with E-state index in [9.17, 15) is 78.0 Å². The van der Waals surface area contributed by atoms with Crippen molar-refractivity contribution in [2.75, 3.05) is 92.5 Å². The molecule has 0 aliphatic carbocycles. The molecule has 2 rings (SSSR count). The van der Waals surface area contributed by atoms with Crippen molar-refractivity contribution in [3.05, 3.63) is 0 Å². The van der Waals surface area contributed by atoms with Crippen LogP contribution in [0.2, 0.25) is 0 Å². The van der Waals surface area contributed by atoms with E-state index < -0.39 is 220 Å². The molecule has 0 amide bonds. The fourth-order valence-electron chi connectivity index (χ4n) is 5.90. The van der Waals surface area contributed by atoms with E-state index in [1.165, 1.54) is 96.9 Å². The number of rotatable bonds is 32. The van der Waals surface area contributed by atoms with Crippen LogP contribution in [0, 0.1) is 10.8 Å². The number of cyclic esters (lactones) is 4. The number of aliphatic hydroxyl groups is 8. The van der Waals surface area contributed by atoms with Crippen LogP contribution in [0.25, 0.3) is 0 Å². The molecule has 2 fully saturated rings. The monoisotopic (exact) mass is 1220 g/mol. The zero-order chi connectivity index (χ0) is 65.8. The van der Waals surface area contributed by atoms with E-state index in [0.29, 0.717) is 0 Å². The van der Waals surface area contributed by atoms with Crippen molar-refractivity contribution in [2.45, 2.75) is 156 Å². The first-order valence-corrected chi connectivity index (χ1v) is 25.7. The normalized spacial score (nSPS) is 17.6. The number of hydrogen-bond acceptors (Lipinski definition) is 32. The summed E-state index contributed by atoms with van der Waals surface area (Å²) in [6, 6.07) is 0. The molecule has 2 aliphatic heterocycles. The minimum Gasteiger partial charge on any atom is -0.463 e. The number of hydrogen-bond donors (Lipinski definition) is 8. The quantitative estimate of drug-likeness (QED) is 0.0235. The van der Waals surface area contributed by atoms with E-state index in [1.54, 1.807) is 0 Å². The molecule has 32 heteroatoms. The van der Waals surface area contributed by atoms with Gasteiger partial charge in [0.2, 0.25) is 0 Å². The van der Waals surface area contributed by atoms with Crippen LogP contribution in [0.4, 0.5) is 0 Å². The highest BCUT2D eigenvalue weighted by Crippen LogP contribution is 2.26. The number of esters is 8. The highest BCUT2D eigenvalue weighted by Gasteiger charge is 2.43. The molecule has 6 atom stereocenters. The Hall–Kier alpha value is -6.04. The van der Waals surface area contributed by atoms with E-state index in [-0.39, 0.29) is 13.2 Å². The fraction of sp³-hybridized carbons (Fsp3) is 0.769. The van der Waals surface area contributed by atoms with Crippen molar-refractivity contribution >= 4 is 70.9 Å². The summed E-state index contributed by atoms with van der Waals surface area (Å²) in [4.78, 5) is 143. The zero-order valence-corrected chi connectivity index (χ0v) is 49.7. The Balaban J connectivity index is 0. The van der Waals surface area contributed by atoms with Gasteiger partial charge in [0.05, 0.1) is 31.8 Å². The third-order valence-corrected chi connectivity index (χ3v) is 11.8. The molecule has 0 saturated carbocycles. The summed E-state index contributed by atoms with van der Waals surface area (Å²) in [5.41, 5.74) is -9.66. The summed E-state index contributed by atoms with van der Waals surface area (Å²) in [6.07, 6.45) is -7.33. The molecule has 0 aromatic rings. The minimum atomic E-state index is -1.98. The smallest absolute Gasteiger partial charge is 0.347 e. The summed E-state index contributed by atoms with van der Waals surface area (Å²) in [5, 5.41) is 71.1. The number of ether oxygens (including phenoxy) is 12. The van der Waals surface area contributed by atoms with Gasteiger partial charge in [0.1, 0.15) is 80.7 Å². The van der Waals surface area contributed by atoms with Crippen molar-refractivity contribution in [3.8, 4) is 0 Å². The standard InChI is InChI=1S/C37H60O20.C6H8O4.C5H12O4.C4H4O4/c1-21(54-33(5,6)25(42)13-38)29(46)50-17-37(18-51-30(47)22(2)55-34(7,8)26(43)14-39,19-52-31(48)23(3)56-35(9,10)27(44)15-40)20-53-32(49)24(4)57-36(11,12)28(45)16-41;1-3-5(7)10-4(2)6(8)9-3;6-1-5(2-7,3-8)4-9;5-3-1-7-4(6)2-8-3/h21-24,38-41H,13-20H2,1-12H3;3-4H,1-2H3;6-9H,1-4H2;1-2H2. The van der Waals surface area contributed by atoms with Crippen molar-refractivity contribution in [1.82, 2.24) is 0 Å². The molecule has 8 N–H and O–H groups in total. The van der Waals surface area contributed by atoms with Gasteiger partial charge in [0.25, 0.3) is 0 Å². The lowest BCUT2D eigenvalue weighted by atomic mass is 9.92. The Morgan fingerprint density at radius 2 is 0.607 bits per heavy atom. The fourth-order valence-corrected chi connectivity index (χ4v) is 5.90. The Labute approximate surface area is 484 Å². The van der Waals surface area contributed by atoms with Crippen molar-refractivity contribution < 1.29 is 155 Å². The number of carbonyl (C=O) groups is 12. The largest absolute Gasteiger partial charge is 0.463 e. The van der Waals surface area contributed by atoms with Crippen LogP contribution < -0.4 is 0 Å². The van der Waals surface area contributed by atoms with Crippen molar-refractivity contribution in [1.29, 1.82) is 0 Å². The van der Waals surface area contributed by atoms with Crippen LogP contribution >= 0.6 is 0 Å². The molecular weight excluding hydrogens is 1140 g/mol. The van der Waals surface area contributed by atoms with E-state index >= 15 is 0 Å². The second-order valence-electron chi connectivity index (χ2n) is 20.9. The molecule has 2 aliphatic rings. The lowest BCUT2D eigenvalue weighted by Gasteiger charge is -2.34. The molecule has 484 valence electrons. The van der Waals surface area contributed by atoms with Gasteiger partial charge in [0.15, 0.2) is 73.0 Å². The van der Waals surface area contributed by atoms with Gasteiger partial charge >= 0.3 is 47.8 Å². The summed E-state index contributed by atoms with van der Waals surface area (Å²) in [6.45, 7) is 9.20. The molecule has 2 saturated heterocycles. The third kappa shape index (κ3) is 27.8. The average Bonchev–Trinajstić information content (AvgIpc) is 3.46. The maximum absolute atomic E-state index is 13.2. The van der Waals surface area contributed by atoms with Gasteiger partial charge in [-0.2, -0.15) is 0 Å². The Morgan fingerprint density at radius 3 is 0.762 bits per heavy atom. The SMILES string of the molecule is CC(OC(C)(C)C(=O)CO)C(=O)OCC(COC(=O)C(C)OC(C)(C)C(=O)CO)(COC(=O)C(C)OC(C)(C)C(=O)CO)COC(=O)C(C)OC(C)(C)C(=O)CO.CC1OC(=O)C(C)OC1=O.O=C1COC(=O)CO1.OCC(CO)(CO)CO. The van der Waals surface area contributed by atoms with Crippen molar-refractivity contribution in [3.63, 3.8) is 0 Å². The Bertz CT molecular complexity index is 1930. The second-order valence-corrected chi connectivity index (χ2v) is 20.9. The Morgan fingerprint density at radius 1 is 0.405 bits per heavy atom. The van der Waals surface area contributed by atoms with Crippen LogP contribution in [0.1, 0.15) is 96.9 Å². The molecule has 0 radical (unpaired) electrons. The van der Waals surface area contributed by atoms with Crippen LogP contribution in [0.5, 0.6) is 0 Å². The molecule has 2 heterocycles. The molecule has 32 nitrogen and oxygen atoms in total. The van der Waals surface area contributed by atoms with Crippen LogP contribution in [0.3, 0.4) is 0 Å². The summed E-state index contributed by atoms with van der Waals surface area (Å²) < 4.78 is 61.6. The maximum atomic E-state index is 13.2. The van der Waals surface area contributed by atoms with Crippen LogP contribution in [-0.2, 0) is 114 Å². The predicted molar refractivity (Wildman–Crippen MR) is 277 cm³/mol. The zero-order valence-electron chi connectivity index (χ0n) is 49.7. The lowest BCUT2D eigenvalue weighted by Crippen LogP contribution is -2.49. The van der Waals surface area contributed by atoms with Gasteiger partial charge in [-0.15, -0.1) is 0 Å². The van der Waals surface area contributed by atoms with E-state index in [1.807, 2.05) is 0 Å². The van der Waals surface area contributed by atoms with Crippen LogP contribution in [0.15, 0.2) is 0 Å². The molecule has 0 bridgehead atoms. The average molecular weight is 1220 g/mol. The molecule has 0 aromatic heterocycles. The van der Waals surface area contributed by atoms with Gasteiger partial charge in [-0.3, -0.25) is 19.2 Å². The van der Waals surface area contributed by atoms with E-state index in [4.69, 9.17) is 58.3 Å². The first-order chi connectivity index (χ1) is 38.6. The molecule has 0 spiro atoms. The first-order valence-electron chi connectivity index (χ1n) is 25.7. The molecule has 0 aromatic carbocycles. The number of ketones is 4. The van der Waals surface area contributed by atoms with Crippen LogP contribution in [-0.4, -0.2) is 263 Å². The molecule has 6 unspecified atom stereocenters. The van der Waals surface area contributed by atoms with Gasteiger partial charge in [0, 0.05) is 0 Å². The van der Waals surface area contributed by atoms with E-state index in [2.05, 4.69) is 18.9 Å². The summed E-state index contributed by atoms with van der Waals surface area (Å²) >= 11 is 0. The molecular formula is C52H84O32. The lowest BCUT2D eigenvalue weighted by molar-refractivity contribution is -0.192. The number of Topliss-reactive ketones (excluding diaryl/α,β-unsaturated/α-hetero) is 4. The van der Waals surface area contributed by atoms with E-state index in [0.717, 1.165) is 0 Å². The van der Waals surface area contributed by atoms with Gasteiger partial charge in [-0.05, 0) is 96.9 Å². The van der Waals surface area contributed by atoms with Gasteiger partial charge < -0.3 is 97.7 Å². The predicted octanol–water partition coefficient (Wildman–Crippen LogP) is -3.98. The topological polar surface area (TPSA) is 477 Å². The summed E-state index contributed by atoms with van der Waals surface area (Å²) in [7, 11) is 0. The molecule has 84 heavy (non-hydrogen) atoms. The highest BCUT2D eigenvalue weighted by atomic mass is 16.7. The summed E-state index contributed by atoms with van der Waals surface area (Å²) in [5.74, 6) is -9.39. The Kier molecular flexibility index (Phi) is 35.0. The number of aliphatic hydroxyl groups excluding tert-OH is 8. The highest BCUT2D eigenvalue weighted by molar-refractivity contribution is 5.90. The number of carbonyl (C=O) groups excluding carboxylic acids is 12. The third-order valence-electron chi connectivity index (χ3n) is 11.8.